The molecule has 60 valence electrons. The van der Waals surface area contributed by atoms with Gasteiger partial charge in [-0.3, -0.25) is 4.98 Å². The number of halogens is 1. The summed E-state index contributed by atoms with van der Waals surface area (Å²) in [5.74, 6) is 0. The topological polar surface area (TPSA) is 24.9 Å². The number of pyridine rings is 1. The molecule has 1 aromatic heterocycles. The molecule has 1 rings (SSSR count). The SMILES string of the molecule is CNCc1ncc(Cl)cc1C. The third-order valence-electron chi connectivity index (χ3n) is 1.50. The molecule has 0 aliphatic rings. The van der Waals surface area contributed by atoms with Gasteiger partial charge in [-0.25, -0.2) is 0 Å². The largest absolute Gasteiger partial charge is 0.314 e. The molecule has 0 aliphatic heterocycles. The molecule has 0 saturated heterocycles. The van der Waals surface area contributed by atoms with Crippen LogP contribution in [0.25, 0.3) is 0 Å². The second-order valence-corrected chi connectivity index (χ2v) is 2.88. The summed E-state index contributed by atoms with van der Waals surface area (Å²) in [7, 11) is 1.90. The molecule has 0 radical (unpaired) electrons. The highest BCUT2D eigenvalue weighted by Crippen LogP contribution is 2.11. The second-order valence-electron chi connectivity index (χ2n) is 2.45. The lowest BCUT2D eigenvalue weighted by atomic mass is 10.2. The van der Waals surface area contributed by atoms with Crippen molar-refractivity contribution in [1.82, 2.24) is 10.3 Å². The minimum atomic E-state index is 0.697. The Kier molecular flexibility index (Phi) is 2.85. The van der Waals surface area contributed by atoms with Crippen LogP contribution in [0.2, 0.25) is 5.02 Å². The highest BCUT2D eigenvalue weighted by atomic mass is 35.5. The monoisotopic (exact) mass is 170 g/mol. The molecule has 1 N–H and O–H groups in total. The molecule has 0 unspecified atom stereocenters. The Hall–Kier alpha value is -0.600. The molecule has 11 heavy (non-hydrogen) atoms. The van der Waals surface area contributed by atoms with Crippen LogP contribution >= 0.6 is 11.6 Å². The van der Waals surface area contributed by atoms with Crippen LogP contribution in [-0.2, 0) is 6.54 Å². The lowest BCUT2D eigenvalue weighted by molar-refractivity contribution is 0.784. The zero-order chi connectivity index (χ0) is 8.27. The number of hydrogen-bond donors (Lipinski definition) is 1. The zero-order valence-corrected chi connectivity index (χ0v) is 7.44. The van der Waals surface area contributed by atoms with Crippen LogP contribution in [0.4, 0.5) is 0 Å². The highest BCUT2D eigenvalue weighted by Gasteiger charge is 1.97. The van der Waals surface area contributed by atoms with Crippen LogP contribution in [0.15, 0.2) is 12.3 Å². The third-order valence-corrected chi connectivity index (χ3v) is 1.70. The minimum absolute atomic E-state index is 0.697. The molecule has 0 amide bonds. The average Bonchev–Trinajstić information content (AvgIpc) is 1.95. The molecule has 0 aliphatic carbocycles. The number of nitrogens with zero attached hydrogens (tertiary/aromatic N) is 1. The number of aromatic nitrogens is 1. The van der Waals surface area contributed by atoms with Gasteiger partial charge in [-0.2, -0.15) is 0 Å². The zero-order valence-electron chi connectivity index (χ0n) is 6.69. The Morgan fingerprint density at radius 3 is 2.91 bits per heavy atom. The first kappa shape index (κ1) is 8.50. The number of aryl methyl sites for hydroxylation is 1. The fourth-order valence-corrected chi connectivity index (χ4v) is 1.13. The van der Waals surface area contributed by atoms with E-state index in [1.54, 1.807) is 6.20 Å². The minimum Gasteiger partial charge on any atom is -0.314 e. The Bertz CT molecular complexity index is 248. The summed E-state index contributed by atoms with van der Waals surface area (Å²) >= 11 is 5.73. The molecule has 1 aromatic rings. The van der Waals surface area contributed by atoms with Crippen LogP contribution < -0.4 is 5.32 Å². The average molecular weight is 171 g/mol. The van der Waals surface area contributed by atoms with Gasteiger partial charge in [-0.05, 0) is 25.6 Å². The fraction of sp³-hybridized carbons (Fsp3) is 0.375. The van der Waals surface area contributed by atoms with Crippen LogP contribution in [-0.4, -0.2) is 12.0 Å². The van der Waals surface area contributed by atoms with E-state index in [1.807, 2.05) is 20.0 Å². The molecule has 1 heterocycles. The van der Waals surface area contributed by atoms with Crippen molar-refractivity contribution in [2.45, 2.75) is 13.5 Å². The smallest absolute Gasteiger partial charge is 0.0592 e. The Balaban J connectivity index is 2.90. The fourth-order valence-electron chi connectivity index (χ4n) is 0.921. The van der Waals surface area contributed by atoms with Crippen molar-refractivity contribution in [3.63, 3.8) is 0 Å². The number of hydrogen-bond acceptors (Lipinski definition) is 2. The van der Waals surface area contributed by atoms with Crippen LogP contribution in [0.1, 0.15) is 11.3 Å². The van der Waals surface area contributed by atoms with E-state index in [1.165, 1.54) is 0 Å². The maximum absolute atomic E-state index is 5.73. The van der Waals surface area contributed by atoms with Crippen molar-refractivity contribution >= 4 is 11.6 Å². The summed E-state index contributed by atoms with van der Waals surface area (Å²) in [4.78, 5) is 4.17. The van der Waals surface area contributed by atoms with Gasteiger partial charge in [0.1, 0.15) is 0 Å². The van der Waals surface area contributed by atoms with E-state index in [0.29, 0.717) is 5.02 Å². The summed E-state index contributed by atoms with van der Waals surface area (Å²) in [6, 6.07) is 1.92. The molecule has 2 nitrogen and oxygen atoms in total. The van der Waals surface area contributed by atoms with E-state index in [-0.39, 0.29) is 0 Å². The molecule has 3 heteroatoms. The molecular formula is C8H11ClN2. The summed E-state index contributed by atoms with van der Waals surface area (Å²) in [5.41, 5.74) is 2.18. The van der Waals surface area contributed by atoms with Crippen molar-refractivity contribution in [2.75, 3.05) is 7.05 Å². The van der Waals surface area contributed by atoms with Gasteiger partial charge in [0.15, 0.2) is 0 Å². The van der Waals surface area contributed by atoms with Gasteiger partial charge in [0.2, 0.25) is 0 Å². The number of rotatable bonds is 2. The van der Waals surface area contributed by atoms with Crippen molar-refractivity contribution in [2.24, 2.45) is 0 Å². The van der Waals surface area contributed by atoms with Gasteiger partial charge in [-0.15, -0.1) is 0 Å². The Morgan fingerprint density at radius 1 is 1.64 bits per heavy atom. The maximum Gasteiger partial charge on any atom is 0.0592 e. The van der Waals surface area contributed by atoms with Gasteiger partial charge in [0.05, 0.1) is 10.7 Å². The first-order valence-corrected chi connectivity index (χ1v) is 3.87. The number of nitrogens with one attached hydrogen (secondary N) is 1. The second kappa shape index (κ2) is 3.69. The summed E-state index contributed by atoms with van der Waals surface area (Å²) in [6.45, 7) is 2.80. The van der Waals surface area contributed by atoms with Crippen LogP contribution in [0, 0.1) is 6.92 Å². The first-order valence-electron chi connectivity index (χ1n) is 3.49. The van der Waals surface area contributed by atoms with Gasteiger partial charge >= 0.3 is 0 Å². The Labute approximate surface area is 71.6 Å². The summed E-state index contributed by atoms with van der Waals surface area (Å²) in [5, 5.41) is 3.74. The normalized spacial score (nSPS) is 10.1. The van der Waals surface area contributed by atoms with E-state index < -0.39 is 0 Å². The van der Waals surface area contributed by atoms with Crippen molar-refractivity contribution in [3.8, 4) is 0 Å². The highest BCUT2D eigenvalue weighted by molar-refractivity contribution is 6.30. The van der Waals surface area contributed by atoms with E-state index in [9.17, 15) is 0 Å². The van der Waals surface area contributed by atoms with E-state index >= 15 is 0 Å². The van der Waals surface area contributed by atoms with Crippen LogP contribution in [0.3, 0.4) is 0 Å². The van der Waals surface area contributed by atoms with E-state index in [2.05, 4.69) is 10.3 Å². The van der Waals surface area contributed by atoms with Gasteiger partial charge in [0.25, 0.3) is 0 Å². The van der Waals surface area contributed by atoms with Crippen LogP contribution in [0.5, 0.6) is 0 Å². The lowest BCUT2D eigenvalue weighted by Gasteiger charge is -2.02. The summed E-state index contributed by atoms with van der Waals surface area (Å²) in [6.07, 6.45) is 1.67. The van der Waals surface area contributed by atoms with E-state index in [4.69, 9.17) is 11.6 Å². The van der Waals surface area contributed by atoms with Crippen molar-refractivity contribution in [1.29, 1.82) is 0 Å². The summed E-state index contributed by atoms with van der Waals surface area (Å²) < 4.78 is 0. The van der Waals surface area contributed by atoms with Gasteiger partial charge < -0.3 is 5.32 Å². The molecular weight excluding hydrogens is 160 g/mol. The van der Waals surface area contributed by atoms with Gasteiger partial charge in [-0.1, -0.05) is 11.6 Å². The van der Waals surface area contributed by atoms with Crippen molar-refractivity contribution < 1.29 is 0 Å². The predicted octanol–water partition coefficient (Wildman–Crippen LogP) is 1.76. The maximum atomic E-state index is 5.73. The third kappa shape index (κ3) is 2.17. The van der Waals surface area contributed by atoms with Crippen molar-refractivity contribution in [3.05, 3.63) is 28.5 Å². The quantitative estimate of drug-likeness (QED) is 0.732. The molecule has 0 atom stereocenters. The predicted molar refractivity (Wildman–Crippen MR) is 46.7 cm³/mol. The van der Waals surface area contributed by atoms with E-state index in [0.717, 1.165) is 17.8 Å². The lowest BCUT2D eigenvalue weighted by Crippen LogP contribution is -2.08. The first-order chi connectivity index (χ1) is 5.24. The Morgan fingerprint density at radius 2 is 2.36 bits per heavy atom. The standard InChI is InChI=1S/C8H11ClN2/c1-6-3-7(9)4-11-8(6)5-10-2/h3-4,10H,5H2,1-2H3. The van der Waals surface area contributed by atoms with Gasteiger partial charge in [0, 0.05) is 12.7 Å². The molecule has 0 aromatic carbocycles. The molecule has 0 bridgehead atoms. The molecule has 0 fully saturated rings. The molecule has 0 spiro atoms. The molecule has 0 saturated carbocycles.